The van der Waals surface area contributed by atoms with Gasteiger partial charge < -0.3 is 5.73 Å². The monoisotopic (exact) mass is 107 g/mol. The lowest BCUT2D eigenvalue weighted by Gasteiger charge is -1.51. The quantitative estimate of drug-likeness (QED) is 0.445. The Morgan fingerprint density at radius 3 is 1.67 bits per heavy atom. The Hall–Kier alpha value is -0.180. The molecule has 6 heavy (non-hydrogen) atoms. The Kier molecular flexibility index (Phi) is 32.8. The average molecular weight is 107 g/mol. The second-order valence-corrected chi connectivity index (χ2v) is 1.36. The van der Waals surface area contributed by atoms with Gasteiger partial charge in [-0.15, -0.1) is 0 Å². The summed E-state index contributed by atoms with van der Waals surface area (Å²) in [5.74, 6) is 0. The zero-order valence-electron chi connectivity index (χ0n) is 3.97. The first-order chi connectivity index (χ1) is 2.83. The lowest BCUT2D eigenvalue weighted by Crippen LogP contribution is -1.82. The van der Waals surface area contributed by atoms with Crippen LogP contribution in [-0.4, -0.2) is 18.9 Å². The van der Waals surface area contributed by atoms with Crippen molar-refractivity contribution >= 4 is 18.2 Å². The molecule has 0 aromatic carbocycles. The molecule has 0 unspecified atom stereocenters. The van der Waals surface area contributed by atoms with E-state index in [0.717, 1.165) is 0 Å². The third kappa shape index (κ3) is 938. The van der Waals surface area contributed by atoms with E-state index in [4.69, 9.17) is 4.79 Å². The standard InChI is InChI=1S/C2H6S.CH3NO/c1-3-2;2-1-3/h1-2H3;1H,(H2,2,3). The van der Waals surface area contributed by atoms with Crippen LogP contribution in [0.5, 0.6) is 0 Å². The largest absolute Gasteiger partial charge is 0.372 e. The maximum atomic E-state index is 8.58. The molecule has 0 saturated carbocycles. The molecule has 0 fully saturated rings. The maximum Gasteiger partial charge on any atom is 0.204 e. The van der Waals surface area contributed by atoms with Crippen LogP contribution in [0.3, 0.4) is 0 Å². The van der Waals surface area contributed by atoms with Crippen molar-refractivity contribution in [3.63, 3.8) is 0 Å². The highest BCUT2D eigenvalue weighted by Gasteiger charge is 1.32. The van der Waals surface area contributed by atoms with E-state index in [-0.39, 0.29) is 6.41 Å². The van der Waals surface area contributed by atoms with Crippen LogP contribution in [0.2, 0.25) is 0 Å². The summed E-state index contributed by atoms with van der Waals surface area (Å²) in [4.78, 5) is 8.58. The van der Waals surface area contributed by atoms with E-state index in [1.807, 2.05) is 12.5 Å². The highest BCUT2D eigenvalue weighted by Crippen LogP contribution is 1.70. The van der Waals surface area contributed by atoms with Crippen LogP contribution in [0.1, 0.15) is 0 Å². The van der Waals surface area contributed by atoms with Gasteiger partial charge in [0.1, 0.15) is 0 Å². The van der Waals surface area contributed by atoms with E-state index in [0.29, 0.717) is 0 Å². The number of thioether (sulfide) groups is 1. The fraction of sp³-hybridized carbons (Fsp3) is 0.667. The molecule has 0 atom stereocenters. The number of hydrogen-bond acceptors (Lipinski definition) is 2. The zero-order valence-corrected chi connectivity index (χ0v) is 4.79. The first-order valence-electron chi connectivity index (χ1n) is 1.39. The summed E-state index contributed by atoms with van der Waals surface area (Å²) in [5, 5.41) is 0. The molecule has 0 aliphatic carbocycles. The highest BCUT2D eigenvalue weighted by atomic mass is 32.2. The topological polar surface area (TPSA) is 43.1 Å². The highest BCUT2D eigenvalue weighted by molar-refractivity contribution is 7.97. The van der Waals surface area contributed by atoms with Crippen LogP contribution < -0.4 is 5.73 Å². The van der Waals surface area contributed by atoms with Gasteiger partial charge in [0.2, 0.25) is 6.41 Å². The number of nitrogens with two attached hydrogens (primary N) is 1. The van der Waals surface area contributed by atoms with Gasteiger partial charge in [-0.25, -0.2) is 0 Å². The van der Waals surface area contributed by atoms with Crippen molar-refractivity contribution in [1.29, 1.82) is 0 Å². The number of rotatable bonds is 0. The van der Waals surface area contributed by atoms with E-state index in [2.05, 4.69) is 5.73 Å². The van der Waals surface area contributed by atoms with Crippen molar-refractivity contribution in [2.24, 2.45) is 5.73 Å². The van der Waals surface area contributed by atoms with Gasteiger partial charge in [-0.3, -0.25) is 4.79 Å². The Morgan fingerprint density at radius 2 is 1.67 bits per heavy atom. The summed E-state index contributed by atoms with van der Waals surface area (Å²) < 4.78 is 0. The van der Waals surface area contributed by atoms with Gasteiger partial charge in [0.25, 0.3) is 0 Å². The summed E-state index contributed by atoms with van der Waals surface area (Å²) in [5.41, 5.74) is 4.17. The molecule has 0 spiro atoms. The molecule has 0 aliphatic heterocycles. The zero-order chi connectivity index (χ0) is 5.41. The predicted molar refractivity (Wildman–Crippen MR) is 29.7 cm³/mol. The van der Waals surface area contributed by atoms with Crippen LogP contribution in [0.15, 0.2) is 0 Å². The normalized spacial score (nSPS) is 5.00. The number of carbonyl (C=O) groups is 1. The van der Waals surface area contributed by atoms with Crippen LogP contribution in [0.4, 0.5) is 0 Å². The molecule has 3 heteroatoms. The molecule has 1 amide bonds. The minimum atomic E-state index is 0.250. The minimum Gasteiger partial charge on any atom is -0.372 e. The average Bonchev–Trinajstić information content (AvgIpc) is 1.39. The molecular formula is C3H9NOS. The molecule has 0 aromatic rings. The van der Waals surface area contributed by atoms with Crippen molar-refractivity contribution < 1.29 is 4.79 Å². The van der Waals surface area contributed by atoms with Crippen LogP contribution in [0.25, 0.3) is 0 Å². The molecule has 0 radical (unpaired) electrons. The van der Waals surface area contributed by atoms with Crippen molar-refractivity contribution in [2.75, 3.05) is 12.5 Å². The van der Waals surface area contributed by atoms with Crippen LogP contribution >= 0.6 is 11.8 Å². The fourth-order valence-corrected chi connectivity index (χ4v) is 0. The van der Waals surface area contributed by atoms with Gasteiger partial charge in [-0.2, -0.15) is 11.8 Å². The van der Waals surface area contributed by atoms with Gasteiger partial charge in [0, 0.05) is 0 Å². The minimum absolute atomic E-state index is 0.250. The van der Waals surface area contributed by atoms with E-state index in [9.17, 15) is 0 Å². The second kappa shape index (κ2) is 21.2. The Balaban J connectivity index is 0. The maximum absolute atomic E-state index is 8.58. The molecule has 0 saturated heterocycles. The first-order valence-corrected chi connectivity index (χ1v) is 3.02. The summed E-state index contributed by atoms with van der Waals surface area (Å²) in [6.45, 7) is 0. The van der Waals surface area contributed by atoms with Crippen LogP contribution in [-0.2, 0) is 4.79 Å². The molecule has 0 rings (SSSR count). The molecule has 0 bridgehead atoms. The molecular weight excluding hydrogens is 98.1 g/mol. The van der Waals surface area contributed by atoms with Crippen molar-refractivity contribution in [3.8, 4) is 0 Å². The van der Waals surface area contributed by atoms with E-state index < -0.39 is 0 Å². The van der Waals surface area contributed by atoms with Crippen molar-refractivity contribution in [2.45, 2.75) is 0 Å². The van der Waals surface area contributed by atoms with Gasteiger partial charge in [0.15, 0.2) is 0 Å². The second-order valence-electron chi connectivity index (χ2n) is 0.544. The van der Waals surface area contributed by atoms with E-state index in [1.165, 1.54) is 0 Å². The Labute approximate surface area is 42.1 Å². The van der Waals surface area contributed by atoms with Gasteiger partial charge in [0.05, 0.1) is 0 Å². The summed E-state index contributed by atoms with van der Waals surface area (Å²) >= 11 is 1.75. The fourth-order valence-electron chi connectivity index (χ4n) is 0. The third-order valence-corrected chi connectivity index (χ3v) is 0. The first kappa shape index (κ1) is 9.27. The van der Waals surface area contributed by atoms with E-state index >= 15 is 0 Å². The molecule has 2 nitrogen and oxygen atoms in total. The van der Waals surface area contributed by atoms with Crippen molar-refractivity contribution in [1.82, 2.24) is 0 Å². The number of carbonyl (C=O) groups excluding carboxylic acids is 1. The SMILES string of the molecule is CSC.NC=O. The molecule has 38 valence electrons. The lowest BCUT2D eigenvalue weighted by atomic mass is 11.5. The van der Waals surface area contributed by atoms with E-state index in [1.54, 1.807) is 11.8 Å². The Morgan fingerprint density at radius 1 is 1.67 bits per heavy atom. The summed E-state index contributed by atoms with van der Waals surface area (Å²) in [6.07, 6.45) is 4.33. The van der Waals surface area contributed by atoms with Gasteiger partial charge in [-0.1, -0.05) is 0 Å². The summed E-state index contributed by atoms with van der Waals surface area (Å²) in [6, 6.07) is 0. The summed E-state index contributed by atoms with van der Waals surface area (Å²) in [7, 11) is 0. The molecule has 0 heterocycles. The molecule has 2 N–H and O–H groups in total. The number of primary amides is 1. The predicted octanol–water partition coefficient (Wildman–Crippen LogP) is 0.0807. The smallest absolute Gasteiger partial charge is 0.204 e. The number of hydrogen-bond donors (Lipinski definition) is 1. The number of amides is 1. The molecule has 0 aromatic heterocycles. The molecule has 0 aliphatic rings. The van der Waals surface area contributed by atoms with Crippen LogP contribution in [0, 0.1) is 0 Å². The third-order valence-electron chi connectivity index (χ3n) is 0. The van der Waals surface area contributed by atoms with Gasteiger partial charge in [-0.05, 0) is 12.5 Å². The van der Waals surface area contributed by atoms with Crippen molar-refractivity contribution in [3.05, 3.63) is 0 Å². The lowest BCUT2D eigenvalue weighted by molar-refractivity contribution is -0.106. The Bertz CT molecular complexity index is 24.8. The van der Waals surface area contributed by atoms with Gasteiger partial charge >= 0.3 is 0 Å².